The van der Waals surface area contributed by atoms with E-state index in [-0.39, 0.29) is 53.8 Å². The number of benzene rings is 2. The Morgan fingerprint density at radius 3 is 2.42 bits per heavy atom. The van der Waals surface area contributed by atoms with Gasteiger partial charge in [0.15, 0.2) is 11.5 Å². The highest BCUT2D eigenvalue weighted by Crippen LogP contribution is 2.41. The topological polar surface area (TPSA) is 129 Å². The van der Waals surface area contributed by atoms with Crippen LogP contribution in [0.15, 0.2) is 53.7 Å². The quantitative estimate of drug-likeness (QED) is 0.335. The number of urea groups is 1. The number of esters is 1. The van der Waals surface area contributed by atoms with Crippen molar-refractivity contribution in [3.05, 3.63) is 75.0 Å². The number of hydrogen-bond donors (Lipinski definition) is 2. The maximum atomic E-state index is 12.6. The van der Waals surface area contributed by atoms with Gasteiger partial charge in [-0.2, -0.15) is 0 Å². The molecule has 0 unspecified atom stereocenters. The van der Waals surface area contributed by atoms with E-state index in [2.05, 4.69) is 10.6 Å². The summed E-state index contributed by atoms with van der Waals surface area (Å²) in [6.45, 7) is 5.50. The predicted octanol–water partition coefficient (Wildman–Crippen LogP) is 3.76. The summed E-state index contributed by atoms with van der Waals surface area (Å²) in [5.41, 5.74) is 0.940. The minimum atomic E-state index is -1.11. The molecule has 1 atom stereocenters. The largest absolute Gasteiger partial charge is 0.490 e. The van der Waals surface area contributed by atoms with Crippen LogP contribution in [0.1, 0.15) is 37.9 Å². The van der Waals surface area contributed by atoms with Gasteiger partial charge in [0.25, 0.3) is 5.69 Å². The van der Waals surface area contributed by atoms with Gasteiger partial charge >= 0.3 is 12.0 Å². The molecule has 0 aromatic heterocycles. The van der Waals surface area contributed by atoms with Crippen LogP contribution in [-0.4, -0.2) is 30.1 Å². The van der Waals surface area contributed by atoms with Crippen LogP contribution in [0.4, 0.5) is 10.5 Å². The van der Waals surface area contributed by atoms with Crippen molar-refractivity contribution in [1.29, 1.82) is 0 Å². The number of carbonyl (C=O) groups excluding carboxylic acids is 2. The number of nitro benzene ring substituents is 1. The van der Waals surface area contributed by atoms with Crippen LogP contribution in [0.2, 0.25) is 0 Å². The fraction of sp³-hybridized carbons (Fsp3) is 0.304. The van der Waals surface area contributed by atoms with Crippen molar-refractivity contribution >= 4 is 17.7 Å². The lowest BCUT2D eigenvalue weighted by Gasteiger charge is -2.28. The molecule has 0 aliphatic carbocycles. The molecule has 0 saturated heterocycles. The third-order valence-electron chi connectivity index (χ3n) is 4.90. The Hall–Kier alpha value is -4.08. The molecule has 0 spiro atoms. The van der Waals surface area contributed by atoms with Crippen molar-refractivity contribution in [3.63, 3.8) is 0 Å². The van der Waals surface area contributed by atoms with Crippen molar-refractivity contribution in [3.8, 4) is 11.5 Å². The minimum Gasteiger partial charge on any atom is -0.490 e. The maximum absolute atomic E-state index is 12.6. The number of amides is 2. The molecule has 0 saturated carbocycles. The number of ether oxygens (including phenoxy) is 3. The first-order chi connectivity index (χ1) is 15.8. The van der Waals surface area contributed by atoms with Gasteiger partial charge in [-0.05, 0) is 32.4 Å². The summed E-state index contributed by atoms with van der Waals surface area (Å²) in [6, 6.07) is 10.3. The molecule has 2 aromatic carbocycles. The lowest BCUT2D eigenvalue weighted by atomic mass is 9.93. The monoisotopic (exact) mass is 455 g/mol. The van der Waals surface area contributed by atoms with E-state index in [0.29, 0.717) is 0 Å². The smallest absolute Gasteiger partial charge is 0.338 e. The number of nitrogens with one attached hydrogen (secondary N) is 2. The minimum absolute atomic E-state index is 0.0694. The Balaban J connectivity index is 2.09. The van der Waals surface area contributed by atoms with E-state index in [1.54, 1.807) is 13.8 Å². The van der Waals surface area contributed by atoms with Crippen LogP contribution in [-0.2, 0) is 16.1 Å². The molecule has 174 valence electrons. The average Bonchev–Trinajstić information content (AvgIpc) is 2.78. The highest BCUT2D eigenvalue weighted by atomic mass is 16.6. The van der Waals surface area contributed by atoms with E-state index < -0.39 is 23.0 Å². The van der Waals surface area contributed by atoms with Crippen LogP contribution >= 0.6 is 0 Å². The molecule has 0 radical (unpaired) electrons. The number of nitrogens with zero attached hydrogens (tertiary/aromatic N) is 1. The predicted molar refractivity (Wildman–Crippen MR) is 119 cm³/mol. The van der Waals surface area contributed by atoms with Crippen LogP contribution in [0.3, 0.4) is 0 Å². The average molecular weight is 455 g/mol. The summed E-state index contributed by atoms with van der Waals surface area (Å²) >= 11 is 0. The molecular formula is C23H25N3O7. The molecule has 33 heavy (non-hydrogen) atoms. The van der Waals surface area contributed by atoms with E-state index in [1.165, 1.54) is 19.1 Å². The lowest BCUT2D eigenvalue weighted by Crippen LogP contribution is -2.45. The molecule has 10 nitrogen and oxygen atoms in total. The van der Waals surface area contributed by atoms with Crippen LogP contribution < -0.4 is 20.1 Å². The highest BCUT2D eigenvalue weighted by Gasteiger charge is 2.37. The molecule has 3 rings (SSSR count). The summed E-state index contributed by atoms with van der Waals surface area (Å²) < 4.78 is 16.6. The van der Waals surface area contributed by atoms with Crippen LogP contribution in [0, 0.1) is 10.1 Å². The Bertz CT molecular complexity index is 1080. The normalized spacial score (nSPS) is 15.4. The van der Waals surface area contributed by atoms with Crippen molar-refractivity contribution in [2.75, 3.05) is 13.2 Å². The molecule has 2 aromatic rings. The van der Waals surface area contributed by atoms with Gasteiger partial charge in [0.05, 0.1) is 41.4 Å². The second-order valence-electron chi connectivity index (χ2n) is 7.11. The Kier molecular flexibility index (Phi) is 7.50. The van der Waals surface area contributed by atoms with Gasteiger partial charge < -0.3 is 24.8 Å². The Morgan fingerprint density at radius 2 is 1.79 bits per heavy atom. The molecule has 1 aliphatic rings. The Labute approximate surface area is 190 Å². The number of nitro groups is 1. The standard InChI is InChI=1S/C23H25N3O7/c1-4-31-18-11-16(21-20(22(27)32-5-2)14(3)24-23(28)25-21)17(26(29)30)12-19(18)33-13-15-9-7-6-8-10-15/h6-12,21H,4-5,13H2,1-3H3,(H2,24,25,28)/t21-/m1/s1. The number of rotatable bonds is 9. The molecule has 2 N–H and O–H groups in total. The third-order valence-corrected chi connectivity index (χ3v) is 4.90. The fourth-order valence-electron chi connectivity index (χ4n) is 3.48. The number of allylic oxidation sites excluding steroid dienone is 1. The van der Waals surface area contributed by atoms with Gasteiger partial charge in [0.1, 0.15) is 6.61 Å². The number of hydrogen-bond acceptors (Lipinski definition) is 7. The summed E-state index contributed by atoms with van der Waals surface area (Å²) in [7, 11) is 0. The number of carbonyl (C=O) groups is 2. The molecule has 0 fully saturated rings. The fourth-order valence-corrected chi connectivity index (χ4v) is 3.48. The van der Waals surface area contributed by atoms with Gasteiger partial charge in [0, 0.05) is 5.70 Å². The summed E-state index contributed by atoms with van der Waals surface area (Å²) in [5, 5.41) is 17.1. The molecule has 1 aliphatic heterocycles. The summed E-state index contributed by atoms with van der Waals surface area (Å²) in [4.78, 5) is 36.2. The van der Waals surface area contributed by atoms with Gasteiger partial charge in [-0.15, -0.1) is 0 Å². The molecule has 10 heteroatoms. The van der Waals surface area contributed by atoms with Crippen LogP contribution in [0.25, 0.3) is 0 Å². The maximum Gasteiger partial charge on any atom is 0.338 e. The van der Waals surface area contributed by atoms with Crippen molar-refractivity contribution in [1.82, 2.24) is 10.6 Å². The van der Waals surface area contributed by atoms with Gasteiger partial charge in [-0.1, -0.05) is 30.3 Å². The second-order valence-corrected chi connectivity index (χ2v) is 7.11. The van der Waals surface area contributed by atoms with E-state index in [1.807, 2.05) is 30.3 Å². The van der Waals surface area contributed by atoms with Crippen molar-refractivity contribution < 1.29 is 28.7 Å². The first-order valence-electron chi connectivity index (χ1n) is 10.4. The zero-order valence-electron chi connectivity index (χ0n) is 18.5. The Morgan fingerprint density at radius 1 is 1.09 bits per heavy atom. The van der Waals surface area contributed by atoms with Crippen molar-refractivity contribution in [2.24, 2.45) is 0 Å². The summed E-state index contributed by atoms with van der Waals surface area (Å²) in [5.74, 6) is -0.262. The van der Waals surface area contributed by atoms with Crippen LogP contribution in [0.5, 0.6) is 11.5 Å². The van der Waals surface area contributed by atoms with E-state index in [0.717, 1.165) is 5.56 Å². The van der Waals surface area contributed by atoms with Gasteiger partial charge in [-0.3, -0.25) is 10.1 Å². The molecule has 0 bridgehead atoms. The van der Waals surface area contributed by atoms with Crippen molar-refractivity contribution in [2.45, 2.75) is 33.4 Å². The summed E-state index contributed by atoms with van der Waals surface area (Å²) in [6.07, 6.45) is 0. The molecule has 2 amide bonds. The zero-order valence-corrected chi connectivity index (χ0v) is 18.5. The van der Waals surface area contributed by atoms with Gasteiger partial charge in [0.2, 0.25) is 0 Å². The first kappa shape index (κ1) is 23.6. The lowest BCUT2D eigenvalue weighted by molar-refractivity contribution is -0.385. The zero-order chi connectivity index (χ0) is 24.0. The van der Waals surface area contributed by atoms with E-state index >= 15 is 0 Å². The third kappa shape index (κ3) is 5.40. The molecule has 1 heterocycles. The van der Waals surface area contributed by atoms with E-state index in [9.17, 15) is 19.7 Å². The van der Waals surface area contributed by atoms with Gasteiger partial charge in [-0.25, -0.2) is 9.59 Å². The first-order valence-corrected chi connectivity index (χ1v) is 10.4. The SMILES string of the molecule is CCOC(=O)C1=C(C)NC(=O)N[C@@H]1c1cc(OCC)c(OCc2ccccc2)cc1[N+](=O)[O-]. The van der Waals surface area contributed by atoms with E-state index in [4.69, 9.17) is 14.2 Å². The molecular weight excluding hydrogens is 430 g/mol. The second kappa shape index (κ2) is 10.5. The highest BCUT2D eigenvalue weighted by molar-refractivity contribution is 5.95.